The molecule has 6 heteroatoms. The van der Waals surface area contributed by atoms with Gasteiger partial charge in [-0.25, -0.2) is 4.98 Å². The van der Waals surface area contributed by atoms with Crippen molar-refractivity contribution in [3.63, 3.8) is 0 Å². The Labute approximate surface area is 149 Å². The van der Waals surface area contributed by atoms with Crippen molar-refractivity contribution in [3.8, 4) is 0 Å². The van der Waals surface area contributed by atoms with Gasteiger partial charge < -0.3 is 15.2 Å². The third kappa shape index (κ3) is 4.02. The zero-order chi connectivity index (χ0) is 17.8. The lowest BCUT2D eigenvalue weighted by Crippen LogP contribution is -2.53. The fourth-order valence-corrected chi connectivity index (χ4v) is 3.27. The van der Waals surface area contributed by atoms with Crippen LogP contribution in [0.2, 0.25) is 0 Å². The fraction of sp³-hybridized carbons (Fsp3) is 0.474. The molecule has 2 N–H and O–H groups in total. The highest BCUT2D eigenvalue weighted by Crippen LogP contribution is 2.24. The molecular formula is C19H27N5O. The number of aromatic amines is 1. The van der Waals surface area contributed by atoms with Crippen LogP contribution in [-0.2, 0) is 4.79 Å². The first-order chi connectivity index (χ1) is 12.1. The number of para-hydroxylation sites is 1. The number of carbonyl (C=O) groups excluding carboxylic acids is 1. The number of nitrogens with one attached hydrogen (secondary N) is 2. The van der Waals surface area contributed by atoms with E-state index >= 15 is 0 Å². The first kappa shape index (κ1) is 17.5. The summed E-state index contributed by atoms with van der Waals surface area (Å²) in [4.78, 5) is 24.6. The molecule has 1 aliphatic heterocycles. The molecule has 1 saturated heterocycles. The average Bonchev–Trinajstić information content (AvgIpc) is 3.16. The molecule has 2 aromatic rings. The SMILES string of the molecule is CC(C)c1ccccc1NC(=O)C(C)N1CCN(c2ncc[nH]2)CC1. The molecule has 6 nitrogen and oxygen atoms in total. The van der Waals surface area contributed by atoms with Crippen LogP contribution in [0, 0.1) is 0 Å². The summed E-state index contributed by atoms with van der Waals surface area (Å²) in [6.07, 6.45) is 3.61. The molecular weight excluding hydrogens is 314 g/mol. The van der Waals surface area contributed by atoms with Gasteiger partial charge in [0.05, 0.1) is 6.04 Å². The Morgan fingerprint density at radius 1 is 1.16 bits per heavy atom. The highest BCUT2D eigenvalue weighted by Gasteiger charge is 2.26. The fourth-order valence-electron chi connectivity index (χ4n) is 3.27. The van der Waals surface area contributed by atoms with Gasteiger partial charge in [0.25, 0.3) is 0 Å². The summed E-state index contributed by atoms with van der Waals surface area (Å²) in [5, 5.41) is 3.11. The van der Waals surface area contributed by atoms with Gasteiger partial charge in [-0.3, -0.25) is 9.69 Å². The van der Waals surface area contributed by atoms with Crippen LogP contribution in [0.25, 0.3) is 0 Å². The molecule has 0 aliphatic carbocycles. The average molecular weight is 341 g/mol. The van der Waals surface area contributed by atoms with E-state index in [2.05, 4.69) is 45.0 Å². The summed E-state index contributed by atoms with van der Waals surface area (Å²) in [6.45, 7) is 9.70. The summed E-state index contributed by atoms with van der Waals surface area (Å²) < 4.78 is 0. The summed E-state index contributed by atoms with van der Waals surface area (Å²) >= 11 is 0. The molecule has 1 unspecified atom stereocenters. The van der Waals surface area contributed by atoms with Gasteiger partial charge in [-0.2, -0.15) is 0 Å². The zero-order valence-corrected chi connectivity index (χ0v) is 15.2. The van der Waals surface area contributed by atoms with Crippen LogP contribution in [-0.4, -0.2) is 53.0 Å². The van der Waals surface area contributed by atoms with Crippen LogP contribution in [0.5, 0.6) is 0 Å². The number of aromatic nitrogens is 2. The van der Waals surface area contributed by atoms with E-state index in [9.17, 15) is 4.79 Å². The Bertz CT molecular complexity index is 690. The van der Waals surface area contributed by atoms with E-state index < -0.39 is 0 Å². The minimum atomic E-state index is -0.154. The Morgan fingerprint density at radius 2 is 1.88 bits per heavy atom. The molecule has 1 aromatic heterocycles. The molecule has 3 rings (SSSR count). The Balaban J connectivity index is 1.58. The second-order valence-corrected chi connectivity index (χ2v) is 6.84. The van der Waals surface area contributed by atoms with Crippen molar-refractivity contribution in [2.24, 2.45) is 0 Å². The number of amides is 1. The maximum atomic E-state index is 12.7. The number of anilines is 2. The normalized spacial score (nSPS) is 16.9. The van der Waals surface area contributed by atoms with Crippen molar-refractivity contribution in [2.45, 2.75) is 32.7 Å². The molecule has 0 spiro atoms. The van der Waals surface area contributed by atoms with Crippen LogP contribution in [0.15, 0.2) is 36.7 Å². The van der Waals surface area contributed by atoms with Crippen LogP contribution < -0.4 is 10.2 Å². The minimum Gasteiger partial charge on any atom is -0.340 e. The highest BCUT2D eigenvalue weighted by atomic mass is 16.2. The van der Waals surface area contributed by atoms with Gasteiger partial charge in [-0.1, -0.05) is 32.0 Å². The maximum absolute atomic E-state index is 12.7. The molecule has 2 heterocycles. The summed E-state index contributed by atoms with van der Waals surface area (Å²) in [7, 11) is 0. The number of H-pyrrole nitrogens is 1. The summed E-state index contributed by atoms with van der Waals surface area (Å²) in [5.41, 5.74) is 2.09. The predicted molar refractivity (Wildman–Crippen MR) is 101 cm³/mol. The smallest absolute Gasteiger partial charge is 0.241 e. The Kier molecular flexibility index (Phi) is 5.38. The van der Waals surface area contributed by atoms with Gasteiger partial charge in [0, 0.05) is 44.3 Å². The number of nitrogens with zero attached hydrogens (tertiary/aromatic N) is 3. The van der Waals surface area contributed by atoms with E-state index in [0.29, 0.717) is 5.92 Å². The number of benzene rings is 1. The highest BCUT2D eigenvalue weighted by molar-refractivity contribution is 5.95. The first-order valence-electron chi connectivity index (χ1n) is 8.94. The number of piperazine rings is 1. The van der Waals surface area contributed by atoms with E-state index in [1.165, 1.54) is 5.56 Å². The van der Waals surface area contributed by atoms with Crippen molar-refractivity contribution in [2.75, 3.05) is 36.4 Å². The summed E-state index contributed by atoms with van der Waals surface area (Å²) in [5.74, 6) is 1.34. The second kappa shape index (κ2) is 7.70. The molecule has 1 fully saturated rings. The summed E-state index contributed by atoms with van der Waals surface area (Å²) in [6, 6.07) is 7.89. The van der Waals surface area contributed by atoms with Crippen LogP contribution in [0.1, 0.15) is 32.3 Å². The van der Waals surface area contributed by atoms with Gasteiger partial charge in [-0.05, 0) is 24.5 Å². The van der Waals surface area contributed by atoms with Crippen molar-refractivity contribution in [3.05, 3.63) is 42.2 Å². The quantitative estimate of drug-likeness (QED) is 0.878. The van der Waals surface area contributed by atoms with Crippen LogP contribution in [0.4, 0.5) is 11.6 Å². The second-order valence-electron chi connectivity index (χ2n) is 6.84. The number of rotatable bonds is 5. The largest absolute Gasteiger partial charge is 0.340 e. The van der Waals surface area contributed by atoms with Crippen molar-refractivity contribution >= 4 is 17.5 Å². The Hall–Kier alpha value is -2.34. The van der Waals surface area contributed by atoms with E-state index in [1.807, 2.05) is 31.3 Å². The third-order valence-corrected chi connectivity index (χ3v) is 4.87. The topological polar surface area (TPSA) is 64.3 Å². The third-order valence-electron chi connectivity index (χ3n) is 4.87. The zero-order valence-electron chi connectivity index (χ0n) is 15.2. The molecule has 1 amide bonds. The van der Waals surface area contributed by atoms with E-state index in [0.717, 1.165) is 37.8 Å². The molecule has 1 aliphatic rings. The van der Waals surface area contributed by atoms with Gasteiger partial charge in [0.1, 0.15) is 0 Å². The maximum Gasteiger partial charge on any atom is 0.241 e. The minimum absolute atomic E-state index is 0.0551. The van der Waals surface area contributed by atoms with Crippen molar-refractivity contribution in [1.29, 1.82) is 0 Å². The number of imidazole rings is 1. The van der Waals surface area contributed by atoms with Crippen LogP contribution >= 0.6 is 0 Å². The lowest BCUT2D eigenvalue weighted by molar-refractivity contribution is -0.120. The van der Waals surface area contributed by atoms with E-state index in [4.69, 9.17) is 0 Å². The van der Waals surface area contributed by atoms with Gasteiger partial charge in [0.2, 0.25) is 11.9 Å². The molecule has 134 valence electrons. The predicted octanol–water partition coefficient (Wildman–Crippen LogP) is 2.68. The van der Waals surface area contributed by atoms with Gasteiger partial charge in [0.15, 0.2) is 0 Å². The standard InChI is InChI=1S/C19H27N5O/c1-14(2)16-6-4-5-7-17(16)22-18(25)15(3)23-10-12-24(13-11-23)19-20-8-9-21-19/h4-9,14-15H,10-13H2,1-3H3,(H,20,21)(H,22,25). The molecule has 0 saturated carbocycles. The monoisotopic (exact) mass is 341 g/mol. The molecule has 0 radical (unpaired) electrons. The molecule has 1 atom stereocenters. The molecule has 0 bridgehead atoms. The number of carbonyl (C=O) groups is 1. The van der Waals surface area contributed by atoms with E-state index in [-0.39, 0.29) is 11.9 Å². The van der Waals surface area contributed by atoms with Gasteiger partial charge >= 0.3 is 0 Å². The lowest BCUT2D eigenvalue weighted by Gasteiger charge is -2.37. The lowest BCUT2D eigenvalue weighted by atomic mass is 10.0. The van der Waals surface area contributed by atoms with Crippen molar-refractivity contribution < 1.29 is 4.79 Å². The van der Waals surface area contributed by atoms with E-state index in [1.54, 1.807) is 6.20 Å². The molecule has 25 heavy (non-hydrogen) atoms. The Morgan fingerprint density at radius 3 is 2.52 bits per heavy atom. The van der Waals surface area contributed by atoms with Gasteiger partial charge in [-0.15, -0.1) is 0 Å². The first-order valence-corrected chi connectivity index (χ1v) is 8.94. The number of hydrogen-bond acceptors (Lipinski definition) is 4. The molecule has 1 aromatic carbocycles. The van der Waals surface area contributed by atoms with Crippen LogP contribution in [0.3, 0.4) is 0 Å². The van der Waals surface area contributed by atoms with Crippen molar-refractivity contribution in [1.82, 2.24) is 14.9 Å². The number of hydrogen-bond donors (Lipinski definition) is 2.